The Hall–Kier alpha value is -6.45. The minimum atomic E-state index is -4.91. The third kappa shape index (κ3) is 21.3. The molecule has 26 heteroatoms. The van der Waals surface area contributed by atoms with Gasteiger partial charge in [0.2, 0.25) is 35.4 Å². The molecule has 2 aromatic rings. The van der Waals surface area contributed by atoms with Crippen LogP contribution in [-0.2, 0) is 64.2 Å². The van der Waals surface area contributed by atoms with Gasteiger partial charge >= 0.3 is 22.5 Å². The van der Waals surface area contributed by atoms with Gasteiger partial charge in [-0.2, -0.15) is 8.42 Å². The molecule has 1 fully saturated rings. The first kappa shape index (κ1) is 71.8. The number of likely N-dealkylation sites (N-methyl/N-ethyl adjacent to an activating group) is 2. The fourth-order valence-electron chi connectivity index (χ4n) is 10.5. The van der Waals surface area contributed by atoms with Crippen molar-refractivity contribution in [1.29, 1.82) is 0 Å². The Morgan fingerprint density at radius 1 is 0.786 bits per heavy atom. The predicted molar refractivity (Wildman–Crippen MR) is 316 cm³/mol. The summed E-state index contributed by atoms with van der Waals surface area (Å²) in [5.41, 5.74) is 12.5. The van der Waals surface area contributed by atoms with Crippen molar-refractivity contribution < 1.29 is 69.7 Å². The molecule has 0 spiro atoms. The number of anilines is 1. The highest BCUT2D eigenvalue weighted by molar-refractivity contribution is 7.80. The first-order valence-corrected chi connectivity index (χ1v) is 30.1. The van der Waals surface area contributed by atoms with Crippen LogP contribution in [0, 0.1) is 29.6 Å². The summed E-state index contributed by atoms with van der Waals surface area (Å²) in [5, 5.41) is 13.6. The third-order valence-corrected chi connectivity index (χ3v) is 15.9. The van der Waals surface area contributed by atoms with Crippen LogP contribution in [0.3, 0.4) is 0 Å². The van der Waals surface area contributed by atoms with Gasteiger partial charge in [-0.15, -0.1) is 0 Å². The van der Waals surface area contributed by atoms with E-state index in [0.717, 1.165) is 0 Å². The second-order valence-electron chi connectivity index (χ2n) is 22.8. The zero-order chi connectivity index (χ0) is 63.3. The highest BCUT2D eigenvalue weighted by atomic mass is 32.3. The van der Waals surface area contributed by atoms with Crippen LogP contribution in [0.4, 0.5) is 15.3 Å². The molecule has 1 saturated heterocycles. The molecule has 472 valence electrons. The number of carbonyl (C=O) groups excluding carboxylic acids is 8. The third-order valence-electron chi connectivity index (χ3n) is 15.5. The van der Waals surface area contributed by atoms with Crippen LogP contribution in [-0.4, -0.2) is 171 Å². The molecule has 1 aliphatic heterocycles. The summed E-state index contributed by atoms with van der Waals surface area (Å²) in [7, 11) is 1.05. The normalized spacial score (nSPS) is 17.5. The summed E-state index contributed by atoms with van der Waals surface area (Å²) in [4.78, 5) is 113. The van der Waals surface area contributed by atoms with Crippen molar-refractivity contribution >= 4 is 63.7 Å². The van der Waals surface area contributed by atoms with Crippen LogP contribution in [0.1, 0.15) is 125 Å². The number of nitrogens with zero attached hydrogens (tertiary/aromatic N) is 3. The first-order chi connectivity index (χ1) is 39.4. The second kappa shape index (κ2) is 33.9. The van der Waals surface area contributed by atoms with Gasteiger partial charge in [-0.05, 0) is 79.5 Å². The number of amides is 9. The van der Waals surface area contributed by atoms with Crippen molar-refractivity contribution in [1.82, 2.24) is 36.0 Å². The lowest BCUT2D eigenvalue weighted by Gasteiger charge is -2.41. The number of carbonyl (C=O) groups is 8. The summed E-state index contributed by atoms with van der Waals surface area (Å²) in [6.45, 7) is 18.1. The maximum absolute atomic E-state index is 14.8. The maximum atomic E-state index is 14.8. The van der Waals surface area contributed by atoms with E-state index in [-0.39, 0.29) is 43.7 Å². The number of primary amides is 1. The Bertz CT molecular complexity index is 2600. The molecule has 0 radical (unpaired) electrons. The quantitative estimate of drug-likeness (QED) is 0.0366. The summed E-state index contributed by atoms with van der Waals surface area (Å²) in [5.74, 6) is -4.95. The van der Waals surface area contributed by atoms with Crippen molar-refractivity contribution in [3.8, 4) is 0 Å². The molecule has 25 nitrogen and oxygen atoms in total. The molecule has 1 heterocycles. The molecule has 0 saturated carbocycles. The molecule has 0 unspecified atom stereocenters. The predicted octanol–water partition coefficient (Wildman–Crippen LogP) is 4.26. The number of hydrogen-bond donors (Lipinski definition) is 8. The van der Waals surface area contributed by atoms with Crippen LogP contribution >= 0.6 is 0 Å². The number of methoxy groups -OCH3 is 2. The van der Waals surface area contributed by atoms with Gasteiger partial charge in [-0.25, -0.2) is 13.8 Å². The number of nitrogens with one attached hydrogen (secondary N) is 5. The van der Waals surface area contributed by atoms with E-state index in [1.165, 1.54) is 31.1 Å². The van der Waals surface area contributed by atoms with E-state index < -0.39 is 130 Å². The fraction of sp³-hybridized carbons (Fsp3) is 0.655. The molecule has 0 aromatic heterocycles. The van der Waals surface area contributed by atoms with Crippen molar-refractivity contribution in [2.75, 3.05) is 46.7 Å². The number of benzene rings is 2. The highest BCUT2D eigenvalue weighted by Gasteiger charge is 2.44. The number of ether oxygens (including phenoxy) is 3. The Labute approximate surface area is 496 Å². The smallest absolute Gasteiger partial charge is 0.410 e. The molecule has 10 N–H and O–H groups in total. The van der Waals surface area contributed by atoms with Crippen LogP contribution in [0.25, 0.3) is 0 Å². The molecule has 0 aliphatic carbocycles. The summed E-state index contributed by atoms with van der Waals surface area (Å²) >= 11 is 0. The molecule has 12 atom stereocenters. The van der Waals surface area contributed by atoms with Crippen LogP contribution in [0.2, 0.25) is 0 Å². The Morgan fingerprint density at radius 3 is 1.95 bits per heavy atom. The topological polar surface area (TPSA) is 350 Å². The zero-order valence-corrected chi connectivity index (χ0v) is 52.1. The second-order valence-corrected chi connectivity index (χ2v) is 23.8. The SMILES string of the molecule is CC[C@H](C)[C@@H]([C@@H](CC(=O)N1CCC[C@H]1[C@H](OC)[C@@H](C)C(=O)N[C@H](C)[C@@H](OS(=O)(=O)O)c1ccccc1)OC)N(C)C(=O)[C@@H](NC(=O)[C@H](C(C)C)N(C)C(=O)OCc1ccc(NC(=O)[C@H](CCCNC(N)=O)NC(=O)[C@@H](N)C(C)C)cc1)C(C)C. The van der Waals surface area contributed by atoms with E-state index in [2.05, 4.69) is 26.6 Å². The van der Waals surface area contributed by atoms with E-state index in [9.17, 15) is 51.3 Å². The largest absolute Gasteiger partial charge is 0.445 e. The lowest BCUT2D eigenvalue weighted by molar-refractivity contribution is -0.148. The summed E-state index contributed by atoms with van der Waals surface area (Å²) in [6.07, 6.45) is -1.59. The van der Waals surface area contributed by atoms with Gasteiger partial charge in [-0.3, -0.25) is 38.2 Å². The zero-order valence-electron chi connectivity index (χ0n) is 51.3. The molecular weight excluding hydrogens is 1110 g/mol. The van der Waals surface area contributed by atoms with Gasteiger partial charge in [0.1, 0.15) is 30.8 Å². The first-order valence-electron chi connectivity index (χ1n) is 28.7. The van der Waals surface area contributed by atoms with Gasteiger partial charge in [0, 0.05) is 47.1 Å². The lowest BCUT2D eigenvalue weighted by Crippen LogP contribution is -2.60. The Kier molecular flexibility index (Phi) is 29.0. The molecule has 3 rings (SSSR count). The van der Waals surface area contributed by atoms with E-state index in [0.29, 0.717) is 49.0 Å². The minimum absolute atomic E-state index is 0.142. The molecule has 0 bridgehead atoms. The van der Waals surface area contributed by atoms with Gasteiger partial charge in [0.05, 0.1) is 48.7 Å². The van der Waals surface area contributed by atoms with E-state index in [4.69, 9.17) is 29.9 Å². The Morgan fingerprint density at radius 2 is 1.42 bits per heavy atom. The average Bonchev–Trinajstić information content (AvgIpc) is 2.88. The maximum Gasteiger partial charge on any atom is 0.410 e. The van der Waals surface area contributed by atoms with Gasteiger partial charge in [-0.1, -0.05) is 111 Å². The number of urea groups is 1. The lowest BCUT2D eigenvalue weighted by atomic mass is 9.89. The van der Waals surface area contributed by atoms with Gasteiger partial charge < -0.3 is 62.1 Å². The van der Waals surface area contributed by atoms with Crippen molar-refractivity contribution in [3.63, 3.8) is 0 Å². The average molecular weight is 1200 g/mol. The van der Waals surface area contributed by atoms with E-state index >= 15 is 0 Å². The molecule has 1 aliphatic rings. The Balaban J connectivity index is 1.73. The van der Waals surface area contributed by atoms with E-state index in [1.54, 1.807) is 122 Å². The van der Waals surface area contributed by atoms with Crippen LogP contribution < -0.4 is 38.1 Å². The molecule has 84 heavy (non-hydrogen) atoms. The van der Waals surface area contributed by atoms with Gasteiger partial charge in [0.25, 0.3) is 0 Å². The summed E-state index contributed by atoms with van der Waals surface area (Å²) < 4.78 is 55.9. The van der Waals surface area contributed by atoms with Crippen molar-refractivity contribution in [2.24, 2.45) is 41.1 Å². The van der Waals surface area contributed by atoms with Crippen molar-refractivity contribution in [2.45, 2.75) is 175 Å². The minimum Gasteiger partial charge on any atom is -0.445 e. The van der Waals surface area contributed by atoms with Gasteiger partial charge in [0.15, 0.2) is 0 Å². The molecular formula is C58H94N10O15S. The van der Waals surface area contributed by atoms with Crippen LogP contribution in [0.5, 0.6) is 0 Å². The standard InChI is InChI=1S/C58H94N10O15S/c1-15-36(8)49(44(80-13)31-45(69)68-30-20-24-43(68)50(81-14)37(9)52(70)62-38(10)51(83-84(77,78)79)40-21-17-16-18-22-40)66(11)56(74)47(34(4)5)65-55(73)48(35(6)7)67(12)58(76)82-32-39-25-27-41(28-26-39)63-53(71)42(23-19-29-61-57(60)75)64-54(72)46(59)33(2)3/h16-18,21-22,25-28,33-38,42-44,46-51H,15,19-20,23-24,29-32,59H2,1-14H3,(H,62,70)(H,63,71)(H,64,72)(H,65,73)(H3,60,61,75)(H,77,78,79)/t36-,37+,38+,42-,43-,44+,46-,47-,48-,49-,50+,51+/m0/s1. The number of nitrogens with two attached hydrogens (primary N) is 2. The van der Waals surface area contributed by atoms with Crippen molar-refractivity contribution in [3.05, 3.63) is 65.7 Å². The number of likely N-dealkylation sites (tertiary alicyclic amines) is 1. The molecule has 2 aromatic carbocycles. The van der Waals surface area contributed by atoms with E-state index in [1.807, 2.05) is 13.8 Å². The summed E-state index contributed by atoms with van der Waals surface area (Å²) in [6, 6.07) is 7.90. The van der Waals surface area contributed by atoms with Crippen LogP contribution in [0.15, 0.2) is 54.6 Å². The number of hydrogen-bond acceptors (Lipinski definition) is 15. The molecule has 9 amide bonds. The fourth-order valence-corrected chi connectivity index (χ4v) is 11.0. The highest BCUT2D eigenvalue weighted by Crippen LogP contribution is 2.31. The monoisotopic (exact) mass is 1200 g/mol. The number of rotatable bonds is 33.